The first kappa shape index (κ1) is 10.5. The molecule has 0 amide bonds. The van der Waals surface area contributed by atoms with E-state index in [1.165, 1.54) is 0 Å². The van der Waals surface area contributed by atoms with Crippen LogP contribution in [-0.2, 0) is 9.53 Å². The fourth-order valence-electron chi connectivity index (χ4n) is 1.45. The highest BCUT2D eigenvalue weighted by Gasteiger charge is 2.44. The Morgan fingerprint density at radius 3 is 2.62 bits per heavy atom. The molecule has 0 bridgehead atoms. The van der Waals surface area contributed by atoms with Crippen molar-refractivity contribution in [1.82, 2.24) is 0 Å². The Kier molecular flexibility index (Phi) is 2.96. The van der Waals surface area contributed by atoms with Gasteiger partial charge in [-0.3, -0.25) is 4.79 Å². The van der Waals surface area contributed by atoms with Crippen LogP contribution in [0.3, 0.4) is 0 Å². The van der Waals surface area contributed by atoms with Gasteiger partial charge in [-0.05, 0) is 46.1 Å². The van der Waals surface area contributed by atoms with Gasteiger partial charge in [0, 0.05) is 0 Å². The van der Waals surface area contributed by atoms with E-state index < -0.39 is 0 Å². The third kappa shape index (κ3) is 3.35. The minimum absolute atomic E-state index is 0.0500. The summed E-state index contributed by atoms with van der Waals surface area (Å²) in [5.41, 5.74) is 5.05. The Bertz CT molecular complexity index is 196. The first-order valence-electron chi connectivity index (χ1n) is 4.87. The van der Waals surface area contributed by atoms with Gasteiger partial charge in [0.2, 0.25) is 0 Å². The number of carbonyl (C=O) groups is 1. The van der Waals surface area contributed by atoms with Gasteiger partial charge in [0.05, 0.1) is 5.92 Å². The Balaban J connectivity index is 2.28. The predicted molar refractivity (Wildman–Crippen MR) is 51.1 cm³/mol. The van der Waals surface area contributed by atoms with Crippen LogP contribution in [0.4, 0.5) is 0 Å². The van der Waals surface area contributed by atoms with E-state index in [0.717, 1.165) is 12.8 Å². The van der Waals surface area contributed by atoms with Crippen LogP contribution in [0.1, 0.15) is 33.6 Å². The Hall–Kier alpha value is -0.570. The molecule has 2 atom stereocenters. The normalized spacial score (nSPS) is 27.1. The van der Waals surface area contributed by atoms with E-state index in [2.05, 4.69) is 0 Å². The number of ether oxygens (including phenoxy) is 1. The van der Waals surface area contributed by atoms with Crippen LogP contribution < -0.4 is 5.73 Å². The number of esters is 1. The molecule has 1 fully saturated rings. The van der Waals surface area contributed by atoms with Gasteiger partial charge >= 0.3 is 5.97 Å². The number of nitrogens with two attached hydrogens (primary N) is 1. The summed E-state index contributed by atoms with van der Waals surface area (Å²) in [6, 6.07) is 0. The van der Waals surface area contributed by atoms with Crippen molar-refractivity contribution in [3.05, 3.63) is 0 Å². The summed E-state index contributed by atoms with van der Waals surface area (Å²) >= 11 is 0. The lowest BCUT2D eigenvalue weighted by molar-refractivity contribution is -0.156. The highest BCUT2D eigenvalue weighted by atomic mass is 16.6. The summed E-state index contributed by atoms with van der Waals surface area (Å²) in [4.78, 5) is 11.4. The summed E-state index contributed by atoms with van der Waals surface area (Å²) in [5, 5.41) is 0. The molecule has 1 rings (SSSR count). The molecule has 2 N–H and O–H groups in total. The molecule has 3 heteroatoms. The average molecular weight is 185 g/mol. The van der Waals surface area contributed by atoms with E-state index in [4.69, 9.17) is 10.5 Å². The van der Waals surface area contributed by atoms with Crippen LogP contribution in [0.5, 0.6) is 0 Å². The molecule has 0 saturated heterocycles. The van der Waals surface area contributed by atoms with Crippen molar-refractivity contribution in [2.45, 2.75) is 39.2 Å². The van der Waals surface area contributed by atoms with Crippen LogP contribution >= 0.6 is 0 Å². The topological polar surface area (TPSA) is 52.3 Å². The molecule has 76 valence electrons. The van der Waals surface area contributed by atoms with E-state index in [-0.39, 0.29) is 17.5 Å². The molecule has 0 aliphatic heterocycles. The van der Waals surface area contributed by atoms with Crippen molar-refractivity contribution < 1.29 is 9.53 Å². The van der Waals surface area contributed by atoms with Gasteiger partial charge in [0.15, 0.2) is 0 Å². The fraction of sp³-hybridized carbons (Fsp3) is 0.900. The number of hydrogen-bond donors (Lipinski definition) is 1. The summed E-state index contributed by atoms with van der Waals surface area (Å²) in [5.74, 6) is 0.563. The number of rotatable bonds is 3. The van der Waals surface area contributed by atoms with Crippen molar-refractivity contribution in [2.75, 3.05) is 6.54 Å². The highest BCUT2D eigenvalue weighted by molar-refractivity contribution is 5.76. The predicted octanol–water partition coefficient (Wildman–Crippen LogP) is 1.31. The molecule has 1 aliphatic carbocycles. The van der Waals surface area contributed by atoms with E-state index in [0.29, 0.717) is 12.5 Å². The lowest BCUT2D eigenvalue weighted by Gasteiger charge is -2.19. The monoisotopic (exact) mass is 185 g/mol. The SMILES string of the molecule is CC(C)(C)OC(=O)[C@@H]1C[C@H]1CCN. The van der Waals surface area contributed by atoms with Crippen LogP contribution in [0.2, 0.25) is 0 Å². The maximum absolute atomic E-state index is 11.4. The summed E-state index contributed by atoms with van der Waals surface area (Å²) in [6.07, 6.45) is 1.91. The van der Waals surface area contributed by atoms with Crippen LogP contribution in [0.25, 0.3) is 0 Å². The van der Waals surface area contributed by atoms with Gasteiger partial charge in [0.25, 0.3) is 0 Å². The molecular weight excluding hydrogens is 166 g/mol. The minimum Gasteiger partial charge on any atom is -0.460 e. The minimum atomic E-state index is -0.354. The van der Waals surface area contributed by atoms with Gasteiger partial charge in [-0.25, -0.2) is 0 Å². The molecule has 0 aromatic heterocycles. The van der Waals surface area contributed by atoms with E-state index in [9.17, 15) is 4.79 Å². The number of hydrogen-bond acceptors (Lipinski definition) is 3. The summed E-state index contributed by atoms with van der Waals surface area (Å²) in [7, 11) is 0. The van der Waals surface area contributed by atoms with Crippen LogP contribution in [-0.4, -0.2) is 18.1 Å². The van der Waals surface area contributed by atoms with E-state index >= 15 is 0 Å². The Morgan fingerprint density at radius 1 is 1.54 bits per heavy atom. The molecule has 1 aliphatic rings. The summed E-state index contributed by atoms with van der Waals surface area (Å²) in [6.45, 7) is 6.35. The second-order valence-electron chi connectivity index (χ2n) is 4.71. The lowest BCUT2D eigenvalue weighted by Crippen LogP contribution is -2.25. The first-order valence-corrected chi connectivity index (χ1v) is 4.87. The van der Waals surface area contributed by atoms with Crippen molar-refractivity contribution in [3.63, 3.8) is 0 Å². The van der Waals surface area contributed by atoms with Gasteiger partial charge < -0.3 is 10.5 Å². The third-order valence-corrected chi connectivity index (χ3v) is 2.17. The molecule has 0 aromatic rings. The zero-order chi connectivity index (χ0) is 10.1. The fourth-order valence-corrected chi connectivity index (χ4v) is 1.45. The second-order valence-corrected chi connectivity index (χ2v) is 4.71. The highest BCUT2D eigenvalue weighted by Crippen LogP contribution is 2.42. The quantitative estimate of drug-likeness (QED) is 0.674. The molecule has 0 unspecified atom stereocenters. The maximum Gasteiger partial charge on any atom is 0.309 e. The van der Waals surface area contributed by atoms with Gasteiger partial charge in [-0.15, -0.1) is 0 Å². The molecule has 3 nitrogen and oxygen atoms in total. The third-order valence-electron chi connectivity index (χ3n) is 2.17. The molecule has 0 heterocycles. The largest absolute Gasteiger partial charge is 0.460 e. The molecule has 0 spiro atoms. The zero-order valence-corrected chi connectivity index (χ0v) is 8.67. The molecular formula is C10H19NO2. The van der Waals surface area contributed by atoms with Crippen LogP contribution in [0.15, 0.2) is 0 Å². The Morgan fingerprint density at radius 2 is 2.15 bits per heavy atom. The zero-order valence-electron chi connectivity index (χ0n) is 8.67. The van der Waals surface area contributed by atoms with Crippen molar-refractivity contribution in [2.24, 2.45) is 17.6 Å². The van der Waals surface area contributed by atoms with Gasteiger partial charge in [-0.2, -0.15) is 0 Å². The van der Waals surface area contributed by atoms with Gasteiger partial charge in [0.1, 0.15) is 5.60 Å². The van der Waals surface area contributed by atoms with Crippen molar-refractivity contribution >= 4 is 5.97 Å². The molecule has 1 saturated carbocycles. The van der Waals surface area contributed by atoms with E-state index in [1.54, 1.807) is 0 Å². The second kappa shape index (κ2) is 3.66. The van der Waals surface area contributed by atoms with Crippen molar-refractivity contribution in [3.8, 4) is 0 Å². The van der Waals surface area contributed by atoms with Gasteiger partial charge in [-0.1, -0.05) is 0 Å². The number of carbonyl (C=O) groups excluding carboxylic acids is 1. The van der Waals surface area contributed by atoms with E-state index in [1.807, 2.05) is 20.8 Å². The standard InChI is InChI=1S/C10H19NO2/c1-10(2,3)13-9(12)8-6-7(8)4-5-11/h7-8H,4-6,11H2,1-3H3/t7-,8-/m1/s1. The van der Waals surface area contributed by atoms with Crippen LogP contribution in [0, 0.1) is 11.8 Å². The molecule has 13 heavy (non-hydrogen) atoms. The molecule has 0 radical (unpaired) electrons. The lowest BCUT2D eigenvalue weighted by atomic mass is 10.2. The summed E-state index contributed by atoms with van der Waals surface area (Å²) < 4.78 is 5.26. The maximum atomic E-state index is 11.4. The first-order chi connectivity index (χ1) is 5.94. The Labute approximate surface area is 79.6 Å². The molecule has 0 aromatic carbocycles. The smallest absolute Gasteiger partial charge is 0.309 e. The average Bonchev–Trinajstić information content (AvgIpc) is 2.64. The van der Waals surface area contributed by atoms with Crippen molar-refractivity contribution in [1.29, 1.82) is 0 Å².